The van der Waals surface area contributed by atoms with E-state index in [2.05, 4.69) is 0 Å². The number of amides is 2. The number of carbonyl (C=O) groups is 2. The van der Waals surface area contributed by atoms with E-state index in [1.165, 1.54) is 4.31 Å². The summed E-state index contributed by atoms with van der Waals surface area (Å²) < 4.78 is 25.8. The van der Waals surface area contributed by atoms with Gasteiger partial charge in [-0.1, -0.05) is 25.1 Å². The molecular formula is C17H25N3O4S. The molecule has 0 bridgehead atoms. The van der Waals surface area contributed by atoms with Gasteiger partial charge in [0, 0.05) is 39.1 Å². The zero-order valence-corrected chi connectivity index (χ0v) is 15.5. The molecule has 0 atom stereocenters. The highest BCUT2D eigenvalue weighted by atomic mass is 32.2. The number of carbonyl (C=O) groups excluding carboxylic acids is 2. The second-order valence-corrected chi connectivity index (χ2v) is 8.00. The first-order chi connectivity index (χ1) is 11.9. The minimum Gasteiger partial charge on any atom is -0.342 e. The minimum absolute atomic E-state index is 0.0896. The van der Waals surface area contributed by atoms with Gasteiger partial charge in [-0.25, -0.2) is 8.42 Å². The summed E-state index contributed by atoms with van der Waals surface area (Å²) >= 11 is 0. The van der Waals surface area contributed by atoms with E-state index in [1.54, 1.807) is 21.9 Å². The first kappa shape index (κ1) is 19.2. The SMILES string of the molecule is CCc1ccccc1N(CCC(=O)N1CCN(C=O)CC1)S(C)(=O)=O. The third-order valence-corrected chi connectivity index (χ3v) is 5.57. The van der Waals surface area contributed by atoms with Gasteiger partial charge in [-0.05, 0) is 18.1 Å². The van der Waals surface area contributed by atoms with Gasteiger partial charge < -0.3 is 9.80 Å². The molecule has 25 heavy (non-hydrogen) atoms. The number of benzene rings is 1. The Labute approximate surface area is 149 Å². The van der Waals surface area contributed by atoms with Crippen LogP contribution in [0.5, 0.6) is 0 Å². The van der Waals surface area contributed by atoms with Crippen LogP contribution in [0.15, 0.2) is 24.3 Å². The third-order valence-electron chi connectivity index (χ3n) is 4.39. The summed E-state index contributed by atoms with van der Waals surface area (Å²) in [6, 6.07) is 7.34. The molecule has 1 heterocycles. The molecule has 1 fully saturated rings. The highest BCUT2D eigenvalue weighted by Crippen LogP contribution is 2.23. The molecule has 0 aliphatic carbocycles. The normalized spacial score (nSPS) is 15.1. The van der Waals surface area contributed by atoms with Crippen molar-refractivity contribution < 1.29 is 18.0 Å². The van der Waals surface area contributed by atoms with E-state index in [4.69, 9.17) is 0 Å². The minimum atomic E-state index is -3.48. The summed E-state index contributed by atoms with van der Waals surface area (Å²) in [5.41, 5.74) is 1.56. The Hall–Kier alpha value is -2.09. The topological polar surface area (TPSA) is 78.0 Å². The molecule has 1 aliphatic heterocycles. The van der Waals surface area contributed by atoms with E-state index < -0.39 is 10.0 Å². The summed E-state index contributed by atoms with van der Waals surface area (Å²) in [5.74, 6) is -0.0896. The first-order valence-corrected chi connectivity index (χ1v) is 10.2. The number of piperazine rings is 1. The van der Waals surface area contributed by atoms with Gasteiger partial charge in [0.2, 0.25) is 22.3 Å². The smallest absolute Gasteiger partial charge is 0.232 e. The average molecular weight is 367 g/mol. The zero-order valence-electron chi connectivity index (χ0n) is 14.7. The molecule has 1 saturated heterocycles. The van der Waals surface area contributed by atoms with E-state index in [-0.39, 0.29) is 18.9 Å². The fourth-order valence-corrected chi connectivity index (χ4v) is 3.91. The molecule has 138 valence electrons. The molecule has 0 unspecified atom stereocenters. The van der Waals surface area contributed by atoms with Crippen molar-refractivity contribution in [2.24, 2.45) is 0 Å². The second kappa shape index (κ2) is 8.33. The number of aryl methyl sites for hydroxylation is 1. The van der Waals surface area contributed by atoms with E-state index in [1.807, 2.05) is 19.1 Å². The quantitative estimate of drug-likeness (QED) is 0.665. The monoisotopic (exact) mass is 367 g/mol. The maximum atomic E-state index is 12.4. The van der Waals surface area contributed by atoms with Crippen molar-refractivity contribution >= 4 is 28.0 Å². The number of hydrogen-bond acceptors (Lipinski definition) is 4. The Morgan fingerprint density at radius 1 is 1.20 bits per heavy atom. The Kier molecular flexibility index (Phi) is 6.41. The lowest BCUT2D eigenvalue weighted by atomic mass is 10.1. The summed E-state index contributed by atoms with van der Waals surface area (Å²) in [4.78, 5) is 26.5. The van der Waals surface area contributed by atoms with Crippen molar-refractivity contribution in [2.75, 3.05) is 43.3 Å². The van der Waals surface area contributed by atoms with Crippen molar-refractivity contribution in [1.82, 2.24) is 9.80 Å². The van der Waals surface area contributed by atoms with Crippen LogP contribution in [0.25, 0.3) is 0 Å². The fourth-order valence-electron chi connectivity index (χ4n) is 2.95. The Bertz CT molecular complexity index is 712. The van der Waals surface area contributed by atoms with Crippen LogP contribution in [0, 0.1) is 0 Å². The van der Waals surface area contributed by atoms with Crippen LogP contribution in [0.2, 0.25) is 0 Å². The Morgan fingerprint density at radius 3 is 2.40 bits per heavy atom. The predicted molar refractivity (Wildman–Crippen MR) is 96.8 cm³/mol. The molecular weight excluding hydrogens is 342 g/mol. The molecule has 1 aromatic rings. The highest BCUT2D eigenvalue weighted by Gasteiger charge is 2.24. The maximum absolute atomic E-state index is 12.4. The Morgan fingerprint density at radius 2 is 1.84 bits per heavy atom. The van der Waals surface area contributed by atoms with Crippen molar-refractivity contribution in [1.29, 1.82) is 0 Å². The molecule has 0 spiro atoms. The van der Waals surface area contributed by atoms with E-state index >= 15 is 0 Å². The molecule has 0 saturated carbocycles. The van der Waals surface area contributed by atoms with Crippen LogP contribution in [0.3, 0.4) is 0 Å². The van der Waals surface area contributed by atoms with Gasteiger partial charge in [0.15, 0.2) is 0 Å². The predicted octanol–water partition coefficient (Wildman–Crippen LogP) is 0.706. The zero-order chi connectivity index (χ0) is 18.4. The number of sulfonamides is 1. The lowest BCUT2D eigenvalue weighted by Gasteiger charge is -2.33. The van der Waals surface area contributed by atoms with Crippen molar-refractivity contribution in [2.45, 2.75) is 19.8 Å². The van der Waals surface area contributed by atoms with Gasteiger partial charge in [-0.2, -0.15) is 0 Å². The van der Waals surface area contributed by atoms with E-state index in [9.17, 15) is 18.0 Å². The lowest BCUT2D eigenvalue weighted by Crippen LogP contribution is -2.48. The molecule has 2 amide bonds. The van der Waals surface area contributed by atoms with Gasteiger partial charge in [0.1, 0.15) is 0 Å². The van der Waals surface area contributed by atoms with Crippen molar-refractivity contribution in [3.63, 3.8) is 0 Å². The van der Waals surface area contributed by atoms with Crippen LogP contribution in [-0.4, -0.2) is 69.5 Å². The number of nitrogens with zero attached hydrogens (tertiary/aromatic N) is 3. The molecule has 1 aromatic carbocycles. The van der Waals surface area contributed by atoms with Crippen LogP contribution in [0.1, 0.15) is 18.9 Å². The summed E-state index contributed by atoms with van der Waals surface area (Å²) in [5, 5.41) is 0. The molecule has 8 heteroatoms. The van der Waals surface area contributed by atoms with Crippen LogP contribution >= 0.6 is 0 Å². The molecule has 0 aromatic heterocycles. The molecule has 0 N–H and O–H groups in total. The summed E-state index contributed by atoms with van der Waals surface area (Å²) in [6.07, 6.45) is 2.78. The van der Waals surface area contributed by atoms with Gasteiger partial charge in [-0.15, -0.1) is 0 Å². The van der Waals surface area contributed by atoms with Crippen molar-refractivity contribution in [3.05, 3.63) is 29.8 Å². The maximum Gasteiger partial charge on any atom is 0.232 e. The number of anilines is 1. The third kappa shape index (κ3) is 4.94. The number of para-hydroxylation sites is 1. The van der Waals surface area contributed by atoms with Crippen LogP contribution in [-0.2, 0) is 26.0 Å². The van der Waals surface area contributed by atoms with Gasteiger partial charge in [0.05, 0.1) is 11.9 Å². The molecule has 1 aliphatic rings. The Balaban J connectivity index is 2.06. The standard InChI is InChI=1S/C17H25N3O4S/c1-3-15-6-4-5-7-16(15)20(25(2,23)24)9-8-17(22)19-12-10-18(14-21)11-13-19/h4-7,14H,3,8-13H2,1-2H3. The summed E-state index contributed by atoms with van der Waals surface area (Å²) in [6.45, 7) is 4.09. The number of hydrogen-bond donors (Lipinski definition) is 0. The molecule has 7 nitrogen and oxygen atoms in total. The molecule has 2 rings (SSSR count). The molecule has 0 radical (unpaired) electrons. The van der Waals surface area contributed by atoms with Crippen LogP contribution in [0.4, 0.5) is 5.69 Å². The van der Waals surface area contributed by atoms with E-state index in [0.29, 0.717) is 38.3 Å². The van der Waals surface area contributed by atoms with Crippen LogP contribution < -0.4 is 4.31 Å². The van der Waals surface area contributed by atoms with Crippen molar-refractivity contribution in [3.8, 4) is 0 Å². The fraction of sp³-hybridized carbons (Fsp3) is 0.529. The summed E-state index contributed by atoms with van der Waals surface area (Å²) in [7, 11) is -3.48. The van der Waals surface area contributed by atoms with Gasteiger partial charge in [-0.3, -0.25) is 13.9 Å². The lowest BCUT2D eigenvalue weighted by molar-refractivity contribution is -0.134. The van der Waals surface area contributed by atoms with Gasteiger partial charge >= 0.3 is 0 Å². The highest BCUT2D eigenvalue weighted by molar-refractivity contribution is 7.92. The largest absolute Gasteiger partial charge is 0.342 e. The average Bonchev–Trinajstić information content (AvgIpc) is 2.61. The van der Waals surface area contributed by atoms with Gasteiger partial charge in [0.25, 0.3) is 0 Å². The second-order valence-electron chi connectivity index (χ2n) is 6.09. The number of rotatable bonds is 7. The van der Waals surface area contributed by atoms with E-state index in [0.717, 1.165) is 18.2 Å². The first-order valence-electron chi connectivity index (χ1n) is 8.39.